The van der Waals surface area contributed by atoms with Crippen molar-refractivity contribution in [2.45, 2.75) is 46.1 Å². The van der Waals surface area contributed by atoms with Crippen molar-refractivity contribution in [1.82, 2.24) is 0 Å². The number of aliphatic hydroxyl groups excluding tert-OH is 1. The summed E-state index contributed by atoms with van der Waals surface area (Å²) < 4.78 is 5.42. The maximum Gasteiger partial charge on any atom is 0.122 e. The molecule has 0 unspecified atom stereocenters. The van der Waals surface area contributed by atoms with Gasteiger partial charge in [0.2, 0.25) is 0 Å². The van der Waals surface area contributed by atoms with Crippen LogP contribution in [0.2, 0.25) is 0 Å². The molecule has 90 valence electrons. The second-order valence-electron chi connectivity index (χ2n) is 4.76. The van der Waals surface area contributed by atoms with Crippen LogP contribution in [0.25, 0.3) is 0 Å². The predicted octanol–water partition coefficient (Wildman–Crippen LogP) is 3.43. The number of aliphatic hydroxyl groups is 1. The lowest BCUT2D eigenvalue weighted by Crippen LogP contribution is -2.02. The minimum atomic E-state index is 0.0945. The molecule has 0 radical (unpaired) electrons. The van der Waals surface area contributed by atoms with E-state index in [1.807, 2.05) is 0 Å². The van der Waals surface area contributed by atoms with E-state index in [2.05, 4.69) is 39.8 Å². The zero-order valence-corrected chi connectivity index (χ0v) is 10.9. The van der Waals surface area contributed by atoms with Gasteiger partial charge in [0.1, 0.15) is 5.75 Å². The lowest BCUT2D eigenvalue weighted by atomic mass is 9.91. The summed E-state index contributed by atoms with van der Waals surface area (Å²) >= 11 is 0. The van der Waals surface area contributed by atoms with Gasteiger partial charge in [-0.1, -0.05) is 27.7 Å². The van der Waals surface area contributed by atoms with E-state index in [9.17, 15) is 5.11 Å². The van der Waals surface area contributed by atoms with Crippen LogP contribution in [0.15, 0.2) is 12.1 Å². The fourth-order valence-corrected chi connectivity index (χ4v) is 1.96. The third kappa shape index (κ3) is 2.56. The minimum Gasteiger partial charge on any atom is -0.496 e. The van der Waals surface area contributed by atoms with Gasteiger partial charge in [-0.25, -0.2) is 0 Å². The van der Waals surface area contributed by atoms with Gasteiger partial charge in [0.05, 0.1) is 13.7 Å². The van der Waals surface area contributed by atoms with Crippen LogP contribution in [0, 0.1) is 0 Å². The van der Waals surface area contributed by atoms with Gasteiger partial charge < -0.3 is 9.84 Å². The summed E-state index contributed by atoms with van der Waals surface area (Å²) in [4.78, 5) is 0. The molecule has 1 aromatic rings. The largest absolute Gasteiger partial charge is 0.496 e. The van der Waals surface area contributed by atoms with Crippen molar-refractivity contribution in [2.75, 3.05) is 7.11 Å². The molecule has 0 aromatic heterocycles. The SMILES string of the molecule is COc1cc(C(C)C)c(CO)cc1C(C)C. The van der Waals surface area contributed by atoms with Crippen LogP contribution in [0.4, 0.5) is 0 Å². The normalized spacial score (nSPS) is 11.2. The molecule has 0 bridgehead atoms. The van der Waals surface area contributed by atoms with Crippen LogP contribution >= 0.6 is 0 Å². The number of benzene rings is 1. The maximum absolute atomic E-state index is 9.40. The molecule has 0 heterocycles. The lowest BCUT2D eigenvalue weighted by Gasteiger charge is -2.18. The molecule has 2 heteroatoms. The molecule has 16 heavy (non-hydrogen) atoms. The molecule has 1 rings (SSSR count). The number of rotatable bonds is 4. The standard InChI is InChI=1S/C14H22O2/c1-9(2)12-7-14(16-5)13(10(3)4)6-11(12)8-15/h6-7,9-10,15H,8H2,1-5H3. The highest BCUT2D eigenvalue weighted by Gasteiger charge is 2.14. The average molecular weight is 222 g/mol. The highest BCUT2D eigenvalue weighted by atomic mass is 16.5. The first-order valence-corrected chi connectivity index (χ1v) is 5.82. The Morgan fingerprint density at radius 1 is 1.06 bits per heavy atom. The molecule has 0 atom stereocenters. The molecule has 2 nitrogen and oxygen atoms in total. The minimum absolute atomic E-state index is 0.0945. The predicted molar refractivity (Wildman–Crippen MR) is 67.1 cm³/mol. The highest BCUT2D eigenvalue weighted by Crippen LogP contribution is 2.32. The van der Waals surface area contributed by atoms with Crippen molar-refractivity contribution in [3.63, 3.8) is 0 Å². The molecule has 0 saturated heterocycles. The number of ether oxygens (including phenoxy) is 1. The molecule has 0 spiro atoms. The van der Waals surface area contributed by atoms with E-state index in [0.717, 1.165) is 16.9 Å². The van der Waals surface area contributed by atoms with Gasteiger partial charge in [-0.15, -0.1) is 0 Å². The molecule has 0 aliphatic carbocycles. The summed E-state index contributed by atoms with van der Waals surface area (Å²) in [5.74, 6) is 1.73. The van der Waals surface area contributed by atoms with E-state index < -0.39 is 0 Å². The zero-order chi connectivity index (χ0) is 12.3. The number of hydrogen-bond acceptors (Lipinski definition) is 2. The summed E-state index contributed by atoms with van der Waals surface area (Å²) in [7, 11) is 1.70. The van der Waals surface area contributed by atoms with E-state index >= 15 is 0 Å². The van der Waals surface area contributed by atoms with Crippen molar-refractivity contribution in [3.8, 4) is 5.75 Å². The summed E-state index contributed by atoms with van der Waals surface area (Å²) in [5.41, 5.74) is 3.35. The summed E-state index contributed by atoms with van der Waals surface area (Å²) in [6, 6.07) is 4.13. The monoisotopic (exact) mass is 222 g/mol. The summed E-state index contributed by atoms with van der Waals surface area (Å²) in [5, 5.41) is 9.40. The van der Waals surface area contributed by atoms with Gasteiger partial charge >= 0.3 is 0 Å². The van der Waals surface area contributed by atoms with E-state index in [1.54, 1.807) is 7.11 Å². The van der Waals surface area contributed by atoms with Gasteiger partial charge in [-0.3, -0.25) is 0 Å². The van der Waals surface area contributed by atoms with E-state index in [4.69, 9.17) is 4.74 Å². The Hall–Kier alpha value is -1.02. The van der Waals surface area contributed by atoms with Crippen molar-refractivity contribution in [1.29, 1.82) is 0 Å². The topological polar surface area (TPSA) is 29.5 Å². The Labute approximate surface area is 98.3 Å². The van der Waals surface area contributed by atoms with E-state index in [1.165, 1.54) is 5.56 Å². The Morgan fingerprint density at radius 2 is 1.62 bits per heavy atom. The fraction of sp³-hybridized carbons (Fsp3) is 0.571. The first-order chi connectivity index (χ1) is 7.51. The zero-order valence-electron chi connectivity index (χ0n) is 10.9. The quantitative estimate of drug-likeness (QED) is 0.845. The maximum atomic E-state index is 9.40. The summed E-state index contributed by atoms with van der Waals surface area (Å²) in [6.45, 7) is 8.62. The fourth-order valence-electron chi connectivity index (χ4n) is 1.96. The van der Waals surface area contributed by atoms with Crippen molar-refractivity contribution in [2.24, 2.45) is 0 Å². The Kier molecular flexibility index (Phi) is 4.36. The van der Waals surface area contributed by atoms with Crippen LogP contribution in [0.3, 0.4) is 0 Å². The highest BCUT2D eigenvalue weighted by molar-refractivity contribution is 5.45. The van der Waals surface area contributed by atoms with Gasteiger partial charge in [-0.05, 0) is 40.7 Å². The second-order valence-corrected chi connectivity index (χ2v) is 4.76. The molecular weight excluding hydrogens is 200 g/mol. The molecule has 0 fully saturated rings. The molecule has 1 aromatic carbocycles. The lowest BCUT2D eigenvalue weighted by molar-refractivity contribution is 0.279. The smallest absolute Gasteiger partial charge is 0.122 e. The van der Waals surface area contributed by atoms with Crippen LogP contribution in [-0.2, 0) is 6.61 Å². The molecule has 0 saturated carbocycles. The molecule has 1 N–H and O–H groups in total. The van der Waals surface area contributed by atoms with Crippen LogP contribution in [0.1, 0.15) is 56.2 Å². The van der Waals surface area contributed by atoms with Gasteiger partial charge in [0, 0.05) is 0 Å². The molecule has 0 aliphatic rings. The third-order valence-electron chi connectivity index (χ3n) is 2.91. The summed E-state index contributed by atoms with van der Waals surface area (Å²) in [6.07, 6.45) is 0. The van der Waals surface area contributed by atoms with Crippen LogP contribution in [0.5, 0.6) is 5.75 Å². The Bertz CT molecular complexity index is 318. The van der Waals surface area contributed by atoms with Crippen molar-refractivity contribution in [3.05, 3.63) is 28.8 Å². The molecular formula is C14H22O2. The van der Waals surface area contributed by atoms with E-state index in [-0.39, 0.29) is 6.61 Å². The Balaban J connectivity index is 3.34. The number of methoxy groups -OCH3 is 1. The number of hydrogen-bond donors (Lipinski definition) is 1. The molecule has 0 amide bonds. The average Bonchev–Trinajstić information content (AvgIpc) is 2.26. The first kappa shape index (κ1) is 13.0. The van der Waals surface area contributed by atoms with Crippen molar-refractivity contribution >= 4 is 0 Å². The van der Waals surface area contributed by atoms with Crippen molar-refractivity contribution < 1.29 is 9.84 Å². The third-order valence-corrected chi connectivity index (χ3v) is 2.91. The van der Waals surface area contributed by atoms with Crippen LogP contribution in [-0.4, -0.2) is 12.2 Å². The molecule has 0 aliphatic heterocycles. The van der Waals surface area contributed by atoms with E-state index in [0.29, 0.717) is 11.8 Å². The van der Waals surface area contributed by atoms with Gasteiger partial charge in [-0.2, -0.15) is 0 Å². The second kappa shape index (κ2) is 5.35. The van der Waals surface area contributed by atoms with Gasteiger partial charge in [0.25, 0.3) is 0 Å². The Morgan fingerprint density at radius 3 is 2.00 bits per heavy atom. The van der Waals surface area contributed by atoms with Gasteiger partial charge in [0.15, 0.2) is 0 Å². The first-order valence-electron chi connectivity index (χ1n) is 5.82. The van der Waals surface area contributed by atoms with Crippen LogP contribution < -0.4 is 4.74 Å².